The maximum atomic E-state index is 7.88. The Balaban J connectivity index is -0.0000000150. The van der Waals surface area contributed by atoms with Gasteiger partial charge in [0.15, 0.2) is 0 Å². The third-order valence-corrected chi connectivity index (χ3v) is 0.224. The van der Waals surface area contributed by atoms with Crippen molar-refractivity contribution in [3.8, 4) is 0 Å². The maximum Gasteiger partial charge on any atom is 0.0428 e. The van der Waals surface area contributed by atoms with Crippen LogP contribution in [-0.4, -0.2) is 100 Å². The van der Waals surface area contributed by atoms with Crippen molar-refractivity contribution in [3.63, 3.8) is 0 Å². The van der Waals surface area contributed by atoms with Crippen LogP contribution in [0.3, 0.4) is 0 Å². The summed E-state index contributed by atoms with van der Waals surface area (Å²) in [7, 11) is 0. The van der Waals surface area contributed by atoms with Gasteiger partial charge in [-0.3, -0.25) is 0 Å². The van der Waals surface area contributed by atoms with Crippen LogP contribution in [0.4, 0.5) is 0 Å². The Morgan fingerprint density at radius 1 is 1.14 bits per heavy atom. The molecule has 0 aromatic rings. The number of aliphatic hydroxyl groups excluding tert-OH is 1. The Morgan fingerprint density at radius 3 is 1.29 bits per heavy atom. The minimum atomic E-state index is 0. The van der Waals surface area contributed by atoms with Crippen LogP contribution in [0.25, 0.3) is 0 Å². The van der Waals surface area contributed by atoms with Crippen molar-refractivity contribution < 1.29 is 5.11 Å². The molecule has 0 aromatic heterocycles. The molecule has 0 rings (SSSR count). The number of rotatable bonds is 1. The van der Waals surface area contributed by atoms with E-state index in [-0.39, 0.29) is 88.7 Å². The Morgan fingerprint density at radius 2 is 1.29 bits per heavy atom. The molecule has 0 unspecified atom stereocenters. The summed E-state index contributed by atoms with van der Waals surface area (Å²) < 4.78 is 0. The van der Waals surface area contributed by atoms with Gasteiger partial charge in [-0.2, -0.15) is 0 Å². The van der Waals surface area contributed by atoms with Crippen LogP contribution >= 0.6 is 0 Å². The van der Waals surface area contributed by atoms with Gasteiger partial charge < -0.3 is 5.11 Å². The van der Waals surface area contributed by atoms with E-state index >= 15 is 0 Å². The molecule has 29 valence electrons. The molecule has 0 spiro atoms. The summed E-state index contributed by atoms with van der Waals surface area (Å²) >= 11 is 0. The van der Waals surface area contributed by atoms with Crippen molar-refractivity contribution in [1.82, 2.24) is 0 Å². The molecule has 0 aliphatic carbocycles. The fourth-order valence-electron chi connectivity index (χ4n) is 0. The minimum absolute atomic E-state index is 0. The van der Waals surface area contributed by atoms with Gasteiger partial charge in [-0.05, 0) is 6.42 Å². The third-order valence-electron chi connectivity index (χ3n) is 0.224. The van der Waals surface area contributed by atoms with E-state index in [4.69, 9.17) is 5.11 Å². The topological polar surface area (TPSA) is 20.2 Å². The van der Waals surface area contributed by atoms with Crippen molar-refractivity contribution in [3.05, 3.63) is 0 Å². The first-order valence-corrected chi connectivity index (χ1v) is 1.52. The summed E-state index contributed by atoms with van der Waals surface area (Å²) in [5, 5.41) is 7.88. The van der Waals surface area contributed by atoms with Crippen LogP contribution in [0.5, 0.6) is 0 Å². The van der Waals surface area contributed by atoms with Crippen LogP contribution in [0, 0.1) is 0 Å². The summed E-state index contributed by atoms with van der Waals surface area (Å²) in [6.07, 6.45) is 0.875. The Hall–Kier alpha value is 2.96. The standard InChI is InChI=1S/C3H8O.3Na/c1-2-3-4;;;/h4H,2-3H2,1H3;;;. The summed E-state index contributed by atoms with van der Waals surface area (Å²) in [5.74, 6) is 0. The van der Waals surface area contributed by atoms with Gasteiger partial charge in [-0.15, -0.1) is 0 Å². The quantitative estimate of drug-likeness (QED) is 0.462. The van der Waals surface area contributed by atoms with Crippen LogP contribution in [-0.2, 0) is 0 Å². The largest absolute Gasteiger partial charge is 0.396 e. The first kappa shape index (κ1) is 22.5. The molecule has 1 N–H and O–H groups in total. The molecule has 0 heterocycles. The van der Waals surface area contributed by atoms with E-state index < -0.39 is 0 Å². The monoisotopic (exact) mass is 129 g/mol. The van der Waals surface area contributed by atoms with Crippen molar-refractivity contribution in [2.24, 2.45) is 0 Å². The molecular weight excluding hydrogens is 121 g/mol. The normalized spacial score (nSPS) is 4.29. The molecule has 3 radical (unpaired) electrons. The second-order valence-electron chi connectivity index (χ2n) is 0.724. The Bertz CT molecular complexity index is 12.1. The fourth-order valence-corrected chi connectivity index (χ4v) is 0. The van der Waals surface area contributed by atoms with Gasteiger partial charge in [0.1, 0.15) is 0 Å². The summed E-state index contributed by atoms with van der Waals surface area (Å²) in [6, 6.07) is 0. The third kappa shape index (κ3) is 27.7. The van der Waals surface area contributed by atoms with E-state index in [0.717, 1.165) is 6.42 Å². The van der Waals surface area contributed by atoms with E-state index in [0.29, 0.717) is 6.61 Å². The maximum absolute atomic E-state index is 7.88. The Labute approximate surface area is 112 Å². The molecule has 0 saturated heterocycles. The average molecular weight is 129 g/mol. The molecule has 0 aliphatic heterocycles. The smallest absolute Gasteiger partial charge is 0.0428 e. The van der Waals surface area contributed by atoms with Crippen LogP contribution < -0.4 is 0 Å². The first-order chi connectivity index (χ1) is 1.91. The predicted molar refractivity (Wildman–Crippen MR) is 34.6 cm³/mol. The van der Waals surface area contributed by atoms with E-state index in [9.17, 15) is 0 Å². The van der Waals surface area contributed by atoms with Gasteiger partial charge in [0.05, 0.1) is 0 Å². The van der Waals surface area contributed by atoms with Crippen LogP contribution in [0.15, 0.2) is 0 Å². The number of hydrogen-bond acceptors (Lipinski definition) is 1. The van der Waals surface area contributed by atoms with Crippen molar-refractivity contribution >= 4 is 88.7 Å². The molecule has 0 saturated carbocycles. The van der Waals surface area contributed by atoms with Gasteiger partial charge in [-0.25, -0.2) is 0 Å². The molecular formula is C3H8Na3O. The second kappa shape index (κ2) is 23.1. The molecule has 0 aliphatic rings. The zero-order valence-corrected chi connectivity index (χ0v) is 11.9. The molecule has 7 heavy (non-hydrogen) atoms. The van der Waals surface area contributed by atoms with Gasteiger partial charge >= 0.3 is 0 Å². The molecule has 0 fully saturated rings. The van der Waals surface area contributed by atoms with E-state index in [1.807, 2.05) is 6.92 Å². The number of hydrogen-bond donors (Lipinski definition) is 1. The first-order valence-electron chi connectivity index (χ1n) is 1.52. The van der Waals surface area contributed by atoms with Gasteiger partial charge in [0.2, 0.25) is 0 Å². The molecule has 1 nitrogen and oxygen atoms in total. The number of aliphatic hydroxyl groups is 1. The zero-order chi connectivity index (χ0) is 3.41. The van der Waals surface area contributed by atoms with Gasteiger partial charge in [-0.1, -0.05) is 6.92 Å². The van der Waals surface area contributed by atoms with Crippen molar-refractivity contribution in [2.45, 2.75) is 13.3 Å². The van der Waals surface area contributed by atoms with E-state index in [1.165, 1.54) is 0 Å². The minimum Gasteiger partial charge on any atom is -0.396 e. The molecule has 4 heteroatoms. The van der Waals surface area contributed by atoms with E-state index in [2.05, 4.69) is 0 Å². The van der Waals surface area contributed by atoms with Crippen molar-refractivity contribution in [1.29, 1.82) is 0 Å². The fraction of sp³-hybridized carbons (Fsp3) is 1.00. The second-order valence-corrected chi connectivity index (χ2v) is 0.724. The predicted octanol–water partition coefficient (Wildman–Crippen LogP) is -0.754. The molecule has 0 bridgehead atoms. The molecule has 0 aromatic carbocycles. The summed E-state index contributed by atoms with van der Waals surface area (Å²) in [4.78, 5) is 0. The van der Waals surface area contributed by atoms with Gasteiger partial charge in [0, 0.05) is 95.3 Å². The summed E-state index contributed by atoms with van der Waals surface area (Å²) in [5.41, 5.74) is 0. The molecule has 0 amide bonds. The van der Waals surface area contributed by atoms with Crippen molar-refractivity contribution in [2.75, 3.05) is 6.61 Å². The molecule has 0 atom stereocenters. The van der Waals surface area contributed by atoms with Crippen LogP contribution in [0.1, 0.15) is 13.3 Å². The van der Waals surface area contributed by atoms with E-state index in [1.54, 1.807) is 0 Å². The van der Waals surface area contributed by atoms with Crippen LogP contribution in [0.2, 0.25) is 0 Å². The Kier molecular flexibility index (Phi) is 74.2. The average Bonchev–Trinajstić information content (AvgIpc) is 1.37. The van der Waals surface area contributed by atoms with Gasteiger partial charge in [0.25, 0.3) is 0 Å². The summed E-state index contributed by atoms with van der Waals surface area (Å²) in [6.45, 7) is 2.25. The SMILES string of the molecule is CCCO.[Na].[Na].[Na]. The zero-order valence-electron chi connectivity index (χ0n) is 5.86.